The molecular formula is C15H24O. The van der Waals surface area contributed by atoms with Gasteiger partial charge in [0.25, 0.3) is 0 Å². The lowest BCUT2D eigenvalue weighted by Crippen LogP contribution is -2.15. The van der Waals surface area contributed by atoms with E-state index in [9.17, 15) is 0 Å². The summed E-state index contributed by atoms with van der Waals surface area (Å²) in [5.74, 6) is 0.765. The number of benzene rings is 1. The summed E-state index contributed by atoms with van der Waals surface area (Å²) in [5.41, 5.74) is 1.41. The fraction of sp³-hybridized carbons (Fsp3) is 0.600. The third kappa shape index (κ3) is 4.80. The van der Waals surface area contributed by atoms with Gasteiger partial charge in [-0.15, -0.1) is 0 Å². The van der Waals surface area contributed by atoms with Crippen LogP contribution in [0.4, 0.5) is 0 Å². The van der Waals surface area contributed by atoms with Crippen molar-refractivity contribution in [3.05, 3.63) is 35.9 Å². The van der Waals surface area contributed by atoms with Crippen LogP contribution >= 0.6 is 0 Å². The molecule has 0 spiro atoms. The lowest BCUT2D eigenvalue weighted by atomic mass is 9.97. The number of hydrogen-bond donors (Lipinski definition) is 0. The van der Waals surface area contributed by atoms with Gasteiger partial charge in [0.15, 0.2) is 0 Å². The maximum atomic E-state index is 5.54. The summed E-state index contributed by atoms with van der Waals surface area (Å²) in [6.45, 7) is 4.54. The van der Waals surface area contributed by atoms with Crippen molar-refractivity contribution in [1.29, 1.82) is 0 Å². The monoisotopic (exact) mass is 220 g/mol. The first-order valence-electron chi connectivity index (χ1n) is 6.33. The zero-order valence-corrected chi connectivity index (χ0v) is 10.8. The van der Waals surface area contributed by atoms with Crippen LogP contribution < -0.4 is 0 Å². The highest BCUT2D eigenvalue weighted by atomic mass is 16.5. The Morgan fingerprint density at radius 3 is 2.44 bits per heavy atom. The van der Waals surface area contributed by atoms with Gasteiger partial charge in [0.1, 0.15) is 0 Å². The van der Waals surface area contributed by atoms with Crippen molar-refractivity contribution in [3.63, 3.8) is 0 Å². The van der Waals surface area contributed by atoms with Crippen LogP contribution in [-0.4, -0.2) is 13.2 Å². The van der Waals surface area contributed by atoms with Crippen LogP contribution in [0.15, 0.2) is 30.3 Å². The first-order valence-corrected chi connectivity index (χ1v) is 6.33. The summed E-state index contributed by atoms with van der Waals surface area (Å²) in [7, 11) is 1.83. The van der Waals surface area contributed by atoms with Gasteiger partial charge in [0, 0.05) is 7.11 Å². The molecule has 1 heteroatoms. The minimum absolute atomic E-state index is 0.412. The fourth-order valence-corrected chi connectivity index (χ4v) is 1.92. The van der Waals surface area contributed by atoms with Gasteiger partial charge in [-0.3, -0.25) is 0 Å². The number of hydrogen-bond acceptors (Lipinski definition) is 1. The third-order valence-electron chi connectivity index (χ3n) is 3.29. The second-order valence-electron chi connectivity index (χ2n) is 4.63. The smallest absolute Gasteiger partial charge is 0.0577 e. The quantitative estimate of drug-likeness (QED) is 0.673. The van der Waals surface area contributed by atoms with E-state index in [2.05, 4.69) is 44.2 Å². The van der Waals surface area contributed by atoms with E-state index in [0.717, 1.165) is 18.8 Å². The first kappa shape index (κ1) is 13.2. The maximum Gasteiger partial charge on any atom is 0.0577 e. The predicted molar refractivity (Wildman–Crippen MR) is 69.6 cm³/mol. The standard InChI is InChI=1S/C15H24O/c1-4-13(2)12-15(16-3)11-10-14-8-6-5-7-9-14/h5-9,13,15H,4,10-12H2,1-3H3. The molecule has 1 aromatic rings. The van der Waals surface area contributed by atoms with Gasteiger partial charge in [0.2, 0.25) is 0 Å². The Hall–Kier alpha value is -0.820. The van der Waals surface area contributed by atoms with Crippen molar-refractivity contribution in [3.8, 4) is 0 Å². The van der Waals surface area contributed by atoms with Gasteiger partial charge in [-0.05, 0) is 30.7 Å². The molecular weight excluding hydrogens is 196 g/mol. The Kier molecular flexibility index (Phi) is 6.17. The molecule has 0 aromatic heterocycles. The Balaban J connectivity index is 2.34. The number of ether oxygens (including phenoxy) is 1. The average molecular weight is 220 g/mol. The van der Waals surface area contributed by atoms with Crippen LogP contribution in [0.5, 0.6) is 0 Å². The Morgan fingerprint density at radius 1 is 1.19 bits per heavy atom. The van der Waals surface area contributed by atoms with Gasteiger partial charge in [-0.2, -0.15) is 0 Å². The van der Waals surface area contributed by atoms with E-state index in [-0.39, 0.29) is 0 Å². The third-order valence-corrected chi connectivity index (χ3v) is 3.29. The molecule has 2 atom stereocenters. The van der Waals surface area contributed by atoms with Gasteiger partial charge >= 0.3 is 0 Å². The molecule has 16 heavy (non-hydrogen) atoms. The number of rotatable bonds is 7. The molecule has 0 fully saturated rings. The van der Waals surface area contributed by atoms with E-state index in [1.54, 1.807) is 0 Å². The zero-order chi connectivity index (χ0) is 11.8. The number of aryl methyl sites for hydroxylation is 1. The summed E-state index contributed by atoms with van der Waals surface area (Å²) >= 11 is 0. The molecule has 1 rings (SSSR count). The summed E-state index contributed by atoms with van der Waals surface area (Å²) in [5, 5.41) is 0. The van der Waals surface area contributed by atoms with Gasteiger partial charge in [-0.25, -0.2) is 0 Å². The molecule has 1 nitrogen and oxygen atoms in total. The molecule has 0 heterocycles. The van der Waals surface area contributed by atoms with Crippen LogP contribution in [0.25, 0.3) is 0 Å². The molecule has 0 aliphatic carbocycles. The largest absolute Gasteiger partial charge is 0.381 e. The summed E-state index contributed by atoms with van der Waals surface area (Å²) in [6.07, 6.45) is 5.08. The van der Waals surface area contributed by atoms with Gasteiger partial charge in [0.05, 0.1) is 6.10 Å². The van der Waals surface area contributed by atoms with E-state index in [1.165, 1.54) is 18.4 Å². The van der Waals surface area contributed by atoms with Crippen LogP contribution in [-0.2, 0) is 11.2 Å². The Labute approximate surface area is 99.8 Å². The molecule has 2 unspecified atom stereocenters. The van der Waals surface area contributed by atoms with Gasteiger partial charge in [-0.1, -0.05) is 50.6 Å². The van der Waals surface area contributed by atoms with E-state index in [4.69, 9.17) is 4.74 Å². The van der Waals surface area contributed by atoms with E-state index >= 15 is 0 Å². The molecule has 0 radical (unpaired) electrons. The minimum atomic E-state index is 0.412. The lowest BCUT2D eigenvalue weighted by molar-refractivity contribution is 0.0751. The molecule has 0 aliphatic rings. The van der Waals surface area contributed by atoms with Crippen LogP contribution in [0.3, 0.4) is 0 Å². The van der Waals surface area contributed by atoms with Crippen LogP contribution in [0, 0.1) is 5.92 Å². The first-order chi connectivity index (χ1) is 7.76. The highest BCUT2D eigenvalue weighted by molar-refractivity contribution is 5.14. The van der Waals surface area contributed by atoms with E-state index < -0.39 is 0 Å². The van der Waals surface area contributed by atoms with Crippen molar-refractivity contribution in [2.45, 2.75) is 45.6 Å². The second kappa shape index (κ2) is 7.45. The topological polar surface area (TPSA) is 9.23 Å². The highest BCUT2D eigenvalue weighted by Crippen LogP contribution is 2.16. The molecule has 0 N–H and O–H groups in total. The van der Waals surface area contributed by atoms with Gasteiger partial charge < -0.3 is 4.74 Å². The molecule has 0 saturated carbocycles. The predicted octanol–water partition coefficient (Wildman–Crippen LogP) is 4.07. The van der Waals surface area contributed by atoms with Crippen molar-refractivity contribution in [1.82, 2.24) is 0 Å². The maximum absolute atomic E-state index is 5.54. The van der Waals surface area contributed by atoms with Crippen LogP contribution in [0.1, 0.15) is 38.7 Å². The summed E-state index contributed by atoms with van der Waals surface area (Å²) in [6, 6.07) is 10.7. The molecule has 0 amide bonds. The minimum Gasteiger partial charge on any atom is -0.381 e. The highest BCUT2D eigenvalue weighted by Gasteiger charge is 2.11. The van der Waals surface area contributed by atoms with Crippen LogP contribution in [0.2, 0.25) is 0 Å². The molecule has 0 saturated heterocycles. The lowest BCUT2D eigenvalue weighted by Gasteiger charge is -2.18. The Morgan fingerprint density at radius 2 is 1.88 bits per heavy atom. The zero-order valence-electron chi connectivity index (χ0n) is 10.8. The number of methoxy groups -OCH3 is 1. The van der Waals surface area contributed by atoms with Crippen molar-refractivity contribution in [2.24, 2.45) is 5.92 Å². The van der Waals surface area contributed by atoms with Crippen molar-refractivity contribution in [2.75, 3.05) is 7.11 Å². The fourth-order valence-electron chi connectivity index (χ4n) is 1.92. The SMILES string of the molecule is CCC(C)CC(CCc1ccccc1)OC. The molecule has 1 aromatic carbocycles. The van der Waals surface area contributed by atoms with Crippen molar-refractivity contribution < 1.29 is 4.74 Å². The average Bonchev–Trinajstić information content (AvgIpc) is 2.35. The summed E-state index contributed by atoms with van der Waals surface area (Å²) < 4.78 is 5.54. The molecule has 0 bridgehead atoms. The normalized spacial score (nSPS) is 14.7. The molecule has 0 aliphatic heterocycles. The van der Waals surface area contributed by atoms with Crippen molar-refractivity contribution >= 4 is 0 Å². The summed E-state index contributed by atoms with van der Waals surface area (Å²) in [4.78, 5) is 0. The molecule has 90 valence electrons. The Bertz CT molecular complexity index is 268. The second-order valence-corrected chi connectivity index (χ2v) is 4.63. The van der Waals surface area contributed by atoms with E-state index in [1.807, 2.05) is 7.11 Å². The van der Waals surface area contributed by atoms with E-state index in [0.29, 0.717) is 6.10 Å².